The number of urea groups is 1. The summed E-state index contributed by atoms with van der Waals surface area (Å²) in [5.41, 5.74) is 0.358. The van der Waals surface area contributed by atoms with E-state index in [1.807, 2.05) is 13.8 Å². The van der Waals surface area contributed by atoms with Crippen molar-refractivity contribution in [1.82, 2.24) is 5.32 Å². The van der Waals surface area contributed by atoms with Gasteiger partial charge in [0.25, 0.3) is 0 Å². The van der Waals surface area contributed by atoms with Gasteiger partial charge in [-0.1, -0.05) is 19.9 Å². The van der Waals surface area contributed by atoms with E-state index in [-0.39, 0.29) is 5.92 Å². The molecule has 0 bridgehead atoms. The minimum Gasteiger partial charge on any atom is -0.480 e. The Hall–Kier alpha value is -2.11. The Kier molecular flexibility index (Phi) is 5.49. The van der Waals surface area contributed by atoms with E-state index < -0.39 is 23.9 Å². The molecule has 1 aromatic rings. The van der Waals surface area contributed by atoms with E-state index >= 15 is 0 Å². The van der Waals surface area contributed by atoms with Crippen LogP contribution in [-0.4, -0.2) is 30.2 Å². The summed E-state index contributed by atoms with van der Waals surface area (Å²) in [5, 5.41) is 11.5. The maximum Gasteiger partial charge on any atom is 0.326 e. The summed E-state index contributed by atoms with van der Waals surface area (Å²) >= 11 is 0. The van der Waals surface area contributed by atoms with Crippen LogP contribution in [0.4, 0.5) is 14.9 Å². The fourth-order valence-electron chi connectivity index (χ4n) is 1.74. The third kappa shape index (κ3) is 4.53. The molecular formula is C14H19FN2O3. The fraction of sp³-hybridized carbons (Fsp3) is 0.429. The molecule has 6 heteroatoms. The summed E-state index contributed by atoms with van der Waals surface area (Å²) in [6, 6.07) is 3.99. The van der Waals surface area contributed by atoms with Crippen LogP contribution < -0.4 is 10.2 Å². The van der Waals surface area contributed by atoms with E-state index in [0.717, 1.165) is 0 Å². The lowest BCUT2D eigenvalue weighted by atomic mass is 10.0. The zero-order valence-electron chi connectivity index (χ0n) is 11.8. The molecule has 0 aromatic heterocycles. The molecule has 0 heterocycles. The Morgan fingerprint density at radius 1 is 1.40 bits per heavy atom. The lowest BCUT2D eigenvalue weighted by Crippen LogP contribution is -2.47. The normalized spacial score (nSPS) is 12.1. The second kappa shape index (κ2) is 6.88. The van der Waals surface area contributed by atoms with Gasteiger partial charge in [-0.15, -0.1) is 0 Å². The van der Waals surface area contributed by atoms with Gasteiger partial charge in [-0.2, -0.15) is 0 Å². The Morgan fingerprint density at radius 3 is 2.55 bits per heavy atom. The number of carbonyl (C=O) groups is 2. The second-order valence-electron chi connectivity index (χ2n) is 5.01. The molecule has 0 aliphatic rings. The molecule has 0 radical (unpaired) electrons. The van der Waals surface area contributed by atoms with E-state index in [4.69, 9.17) is 5.11 Å². The van der Waals surface area contributed by atoms with Crippen LogP contribution >= 0.6 is 0 Å². The lowest BCUT2D eigenvalue weighted by molar-refractivity contribution is -0.139. The number of hydrogen-bond donors (Lipinski definition) is 2. The van der Waals surface area contributed by atoms with Gasteiger partial charge in [0.2, 0.25) is 0 Å². The van der Waals surface area contributed by atoms with Crippen LogP contribution in [0.1, 0.15) is 20.3 Å². The number of nitrogens with one attached hydrogen (secondary N) is 1. The van der Waals surface area contributed by atoms with Gasteiger partial charge in [-0.25, -0.2) is 14.0 Å². The maximum absolute atomic E-state index is 13.1. The predicted octanol–water partition coefficient (Wildman–Crippen LogP) is 2.47. The molecule has 0 aliphatic heterocycles. The molecule has 0 spiro atoms. The summed E-state index contributed by atoms with van der Waals surface area (Å²) < 4.78 is 13.1. The third-order valence-electron chi connectivity index (χ3n) is 2.80. The lowest BCUT2D eigenvalue weighted by Gasteiger charge is -2.22. The number of carbonyl (C=O) groups excluding carboxylic acids is 1. The number of halogens is 1. The van der Waals surface area contributed by atoms with Crippen molar-refractivity contribution in [3.63, 3.8) is 0 Å². The number of amides is 2. The van der Waals surface area contributed by atoms with Crippen molar-refractivity contribution in [3.05, 3.63) is 30.1 Å². The van der Waals surface area contributed by atoms with Crippen LogP contribution in [0.25, 0.3) is 0 Å². The number of carboxylic acid groups (broad SMARTS) is 1. The van der Waals surface area contributed by atoms with Crippen LogP contribution in [0.2, 0.25) is 0 Å². The number of hydrogen-bond acceptors (Lipinski definition) is 2. The maximum atomic E-state index is 13.1. The summed E-state index contributed by atoms with van der Waals surface area (Å²) in [6.07, 6.45) is 0.331. The first-order valence-electron chi connectivity index (χ1n) is 6.34. The first-order chi connectivity index (χ1) is 9.31. The van der Waals surface area contributed by atoms with Gasteiger partial charge in [-0.3, -0.25) is 4.90 Å². The number of anilines is 1. The van der Waals surface area contributed by atoms with E-state index in [1.165, 1.54) is 30.1 Å². The summed E-state index contributed by atoms with van der Waals surface area (Å²) in [6.45, 7) is 3.75. The Bertz CT molecular complexity index is 491. The predicted molar refractivity (Wildman–Crippen MR) is 74.2 cm³/mol. The van der Waals surface area contributed by atoms with Crippen molar-refractivity contribution >= 4 is 17.7 Å². The largest absolute Gasteiger partial charge is 0.480 e. The molecule has 0 saturated carbocycles. The Morgan fingerprint density at radius 2 is 2.05 bits per heavy atom. The standard InChI is InChI=1S/C14H19FN2O3/c1-9(2)7-12(13(18)19)16-14(20)17(3)11-6-4-5-10(15)8-11/h4-6,8-9,12H,7H2,1-3H3,(H,16,20)(H,18,19). The topological polar surface area (TPSA) is 69.6 Å². The van der Waals surface area contributed by atoms with E-state index in [2.05, 4.69) is 5.32 Å². The highest BCUT2D eigenvalue weighted by Gasteiger charge is 2.23. The molecule has 2 amide bonds. The van der Waals surface area contributed by atoms with E-state index in [0.29, 0.717) is 12.1 Å². The molecule has 1 atom stereocenters. The first-order valence-corrected chi connectivity index (χ1v) is 6.34. The number of aliphatic carboxylic acids is 1. The summed E-state index contributed by atoms with van der Waals surface area (Å²) in [7, 11) is 1.46. The summed E-state index contributed by atoms with van der Waals surface area (Å²) in [5.74, 6) is -1.41. The quantitative estimate of drug-likeness (QED) is 0.871. The van der Waals surface area contributed by atoms with Crippen LogP contribution in [-0.2, 0) is 4.79 Å². The number of benzene rings is 1. The van der Waals surface area contributed by atoms with Gasteiger partial charge in [0.1, 0.15) is 11.9 Å². The van der Waals surface area contributed by atoms with Gasteiger partial charge in [0, 0.05) is 12.7 Å². The highest BCUT2D eigenvalue weighted by molar-refractivity contribution is 5.93. The zero-order chi connectivity index (χ0) is 15.3. The minimum absolute atomic E-state index is 0.135. The van der Waals surface area contributed by atoms with Crippen LogP contribution in [0.3, 0.4) is 0 Å². The van der Waals surface area contributed by atoms with Gasteiger partial charge < -0.3 is 10.4 Å². The summed E-state index contributed by atoms with van der Waals surface area (Å²) in [4.78, 5) is 24.3. The van der Waals surface area contributed by atoms with Gasteiger partial charge in [0.15, 0.2) is 0 Å². The molecule has 0 aliphatic carbocycles. The average molecular weight is 282 g/mol. The number of rotatable bonds is 5. The van der Waals surface area contributed by atoms with Crippen molar-refractivity contribution in [1.29, 1.82) is 0 Å². The minimum atomic E-state index is -1.08. The molecule has 2 N–H and O–H groups in total. The van der Waals surface area contributed by atoms with E-state index in [1.54, 1.807) is 6.07 Å². The molecule has 0 fully saturated rings. The zero-order valence-corrected chi connectivity index (χ0v) is 11.8. The van der Waals surface area contributed by atoms with Crippen molar-refractivity contribution in [2.75, 3.05) is 11.9 Å². The van der Waals surface area contributed by atoms with Crippen molar-refractivity contribution in [2.24, 2.45) is 5.92 Å². The fourth-order valence-corrected chi connectivity index (χ4v) is 1.74. The smallest absolute Gasteiger partial charge is 0.326 e. The van der Waals surface area contributed by atoms with Crippen molar-refractivity contribution in [2.45, 2.75) is 26.3 Å². The monoisotopic (exact) mass is 282 g/mol. The molecule has 20 heavy (non-hydrogen) atoms. The number of nitrogens with zero attached hydrogens (tertiary/aromatic N) is 1. The highest BCUT2D eigenvalue weighted by atomic mass is 19.1. The molecule has 0 saturated heterocycles. The Balaban J connectivity index is 2.76. The van der Waals surface area contributed by atoms with Gasteiger partial charge in [-0.05, 0) is 30.5 Å². The average Bonchev–Trinajstić information content (AvgIpc) is 2.36. The van der Waals surface area contributed by atoms with Crippen LogP contribution in [0.5, 0.6) is 0 Å². The first kappa shape index (κ1) is 15.9. The van der Waals surface area contributed by atoms with Gasteiger partial charge >= 0.3 is 12.0 Å². The molecule has 5 nitrogen and oxygen atoms in total. The highest BCUT2D eigenvalue weighted by Crippen LogP contribution is 2.14. The van der Waals surface area contributed by atoms with Crippen molar-refractivity contribution in [3.8, 4) is 0 Å². The van der Waals surface area contributed by atoms with Crippen LogP contribution in [0.15, 0.2) is 24.3 Å². The van der Waals surface area contributed by atoms with Crippen LogP contribution in [0, 0.1) is 11.7 Å². The molecular weight excluding hydrogens is 263 g/mol. The molecule has 110 valence electrons. The second-order valence-corrected chi connectivity index (χ2v) is 5.01. The van der Waals surface area contributed by atoms with Gasteiger partial charge in [0.05, 0.1) is 0 Å². The van der Waals surface area contributed by atoms with E-state index in [9.17, 15) is 14.0 Å². The van der Waals surface area contributed by atoms with Crippen molar-refractivity contribution < 1.29 is 19.1 Å². The number of carboxylic acids is 1. The Labute approximate surface area is 117 Å². The SMILES string of the molecule is CC(C)CC(NC(=O)N(C)c1cccc(F)c1)C(=O)O. The molecule has 1 rings (SSSR count). The third-order valence-corrected chi connectivity index (χ3v) is 2.80. The molecule has 1 unspecified atom stereocenters. The molecule has 1 aromatic carbocycles.